The van der Waals surface area contributed by atoms with Gasteiger partial charge in [0.15, 0.2) is 0 Å². The minimum atomic E-state index is -4.41. The third-order valence-electron chi connectivity index (χ3n) is 7.30. The van der Waals surface area contributed by atoms with E-state index in [1.54, 1.807) is 0 Å². The largest absolute Gasteiger partial charge is 0.416 e. The summed E-state index contributed by atoms with van der Waals surface area (Å²) in [4.78, 5) is 5.95. The molecular formula is C26H33ClF4N4S. The van der Waals surface area contributed by atoms with Crippen molar-refractivity contribution in [2.45, 2.75) is 60.3 Å². The fourth-order valence-electron chi connectivity index (χ4n) is 5.36. The number of hydrogen-bond donors (Lipinski definition) is 2. The Kier molecular flexibility index (Phi) is 8.64. The second-order valence-electron chi connectivity index (χ2n) is 9.80. The van der Waals surface area contributed by atoms with E-state index < -0.39 is 17.9 Å². The van der Waals surface area contributed by atoms with E-state index in [-0.39, 0.29) is 18.4 Å². The molecule has 36 heavy (non-hydrogen) atoms. The molecule has 0 aromatic heterocycles. The van der Waals surface area contributed by atoms with Gasteiger partial charge in [0, 0.05) is 72.9 Å². The van der Waals surface area contributed by atoms with Crippen LogP contribution in [0.25, 0.3) is 0 Å². The second-order valence-corrected chi connectivity index (χ2v) is 10.9. The lowest BCUT2D eigenvalue weighted by Crippen LogP contribution is -2.41. The lowest BCUT2D eigenvalue weighted by Gasteiger charge is -2.34. The molecule has 4 nitrogen and oxygen atoms in total. The Balaban J connectivity index is 0.00000304. The zero-order valence-corrected chi connectivity index (χ0v) is 21.8. The number of rotatable bonds is 5. The summed E-state index contributed by atoms with van der Waals surface area (Å²) in [5.74, 6) is 0. The summed E-state index contributed by atoms with van der Waals surface area (Å²) >= 11 is 1.39. The van der Waals surface area contributed by atoms with Crippen molar-refractivity contribution in [1.82, 2.24) is 4.90 Å². The van der Waals surface area contributed by atoms with Gasteiger partial charge < -0.3 is 20.9 Å². The van der Waals surface area contributed by atoms with Crippen molar-refractivity contribution in [3.8, 4) is 0 Å². The number of alkyl halides is 4. The van der Waals surface area contributed by atoms with Gasteiger partial charge in [0.25, 0.3) is 0 Å². The average Bonchev–Trinajstić information content (AvgIpc) is 2.83. The molecule has 1 unspecified atom stereocenters. The fraction of sp³-hybridized carbons (Fsp3) is 0.538. The highest BCUT2D eigenvalue weighted by Gasteiger charge is 2.34. The minimum Gasteiger partial charge on any atom is -0.382 e. The molecule has 10 heteroatoms. The van der Waals surface area contributed by atoms with Crippen LogP contribution in [0.4, 0.5) is 28.9 Å². The van der Waals surface area contributed by atoms with E-state index in [2.05, 4.69) is 16.3 Å². The van der Waals surface area contributed by atoms with E-state index in [0.717, 1.165) is 67.2 Å². The van der Waals surface area contributed by atoms with Gasteiger partial charge >= 0.3 is 6.18 Å². The Bertz CT molecular complexity index is 1060. The molecule has 2 aromatic carbocycles. The van der Waals surface area contributed by atoms with Gasteiger partial charge in [-0.15, -0.1) is 12.4 Å². The van der Waals surface area contributed by atoms with E-state index >= 15 is 0 Å². The van der Waals surface area contributed by atoms with E-state index in [9.17, 15) is 17.6 Å². The molecular weight excluding hydrogens is 512 g/mol. The predicted molar refractivity (Wildman–Crippen MR) is 141 cm³/mol. The number of nitrogens with zero attached hydrogens (tertiary/aromatic N) is 2. The zero-order valence-electron chi connectivity index (χ0n) is 20.1. The van der Waals surface area contributed by atoms with Crippen molar-refractivity contribution in [3.05, 3.63) is 47.0 Å². The monoisotopic (exact) mass is 544 g/mol. The SMILES string of the molecule is Cl.NCCN1CCC(Nc2cc(C(F)(F)F)cc3c2Cc2ccc(N4CCCC(F)C4)cc2S3)CC1. The van der Waals surface area contributed by atoms with Gasteiger partial charge in [0.2, 0.25) is 0 Å². The number of nitrogens with one attached hydrogen (secondary N) is 1. The molecule has 1 atom stereocenters. The van der Waals surface area contributed by atoms with Crippen molar-refractivity contribution < 1.29 is 17.6 Å². The first-order chi connectivity index (χ1) is 16.8. The smallest absolute Gasteiger partial charge is 0.382 e. The number of halogens is 5. The van der Waals surface area contributed by atoms with Crippen molar-refractivity contribution in [2.24, 2.45) is 5.73 Å². The van der Waals surface area contributed by atoms with Crippen LogP contribution in [-0.4, -0.2) is 56.4 Å². The number of fused-ring (bicyclic) bond motifs is 2. The maximum atomic E-state index is 13.9. The molecule has 2 saturated heterocycles. The molecule has 2 fully saturated rings. The highest BCUT2D eigenvalue weighted by molar-refractivity contribution is 7.99. The Hall–Kier alpha value is -1.68. The number of nitrogens with two attached hydrogens (primary N) is 1. The second kappa shape index (κ2) is 11.4. The Labute approximate surface area is 220 Å². The quantitative estimate of drug-likeness (QED) is 0.388. The number of piperidine rings is 2. The summed E-state index contributed by atoms with van der Waals surface area (Å²) in [5.41, 5.74) is 8.59. The van der Waals surface area contributed by atoms with Crippen molar-refractivity contribution in [3.63, 3.8) is 0 Å². The normalized spacial score (nSPS) is 20.9. The summed E-state index contributed by atoms with van der Waals surface area (Å²) in [6, 6.07) is 8.78. The first-order valence-electron chi connectivity index (χ1n) is 12.4. The molecule has 3 aliphatic rings. The predicted octanol–water partition coefficient (Wildman–Crippen LogP) is 5.96. The molecule has 198 valence electrons. The van der Waals surface area contributed by atoms with Gasteiger partial charge in [-0.1, -0.05) is 17.8 Å². The standard InChI is InChI=1S/C26H32F4N4S.ClH/c27-19-2-1-8-34(16-19)21-4-3-17-12-22-23(32-20-5-9-33(10-6-20)11-7-31)13-18(26(28,29)30)14-25(22)35-24(17)15-21;/h3-4,13-15,19-20,32H,1-2,5-12,16,31H2;1H. The van der Waals surface area contributed by atoms with Gasteiger partial charge in [-0.05, 0) is 61.1 Å². The van der Waals surface area contributed by atoms with E-state index in [0.29, 0.717) is 36.5 Å². The van der Waals surface area contributed by atoms with Crippen LogP contribution in [0.5, 0.6) is 0 Å². The van der Waals surface area contributed by atoms with Crippen LogP contribution in [0.3, 0.4) is 0 Å². The molecule has 2 aromatic rings. The third kappa shape index (κ3) is 6.06. The summed E-state index contributed by atoms with van der Waals surface area (Å²) in [6.07, 6.45) is -1.51. The summed E-state index contributed by atoms with van der Waals surface area (Å²) in [5, 5.41) is 3.46. The van der Waals surface area contributed by atoms with Gasteiger partial charge in [-0.3, -0.25) is 0 Å². The van der Waals surface area contributed by atoms with Crippen molar-refractivity contribution in [1.29, 1.82) is 0 Å². The van der Waals surface area contributed by atoms with E-state index in [1.807, 2.05) is 17.0 Å². The first-order valence-corrected chi connectivity index (χ1v) is 13.2. The first kappa shape index (κ1) is 27.4. The van der Waals surface area contributed by atoms with Crippen molar-refractivity contribution >= 4 is 35.5 Å². The Morgan fingerprint density at radius 1 is 1.03 bits per heavy atom. The average molecular weight is 545 g/mol. The topological polar surface area (TPSA) is 44.5 Å². The number of hydrogen-bond acceptors (Lipinski definition) is 5. The molecule has 3 N–H and O–H groups in total. The van der Waals surface area contributed by atoms with Gasteiger partial charge in [-0.25, -0.2) is 4.39 Å². The summed E-state index contributed by atoms with van der Waals surface area (Å²) in [6.45, 7) is 4.43. The molecule has 0 spiro atoms. The summed E-state index contributed by atoms with van der Waals surface area (Å²) in [7, 11) is 0. The van der Waals surface area contributed by atoms with Crippen LogP contribution < -0.4 is 16.0 Å². The maximum absolute atomic E-state index is 13.9. The lowest BCUT2D eigenvalue weighted by atomic mass is 9.97. The number of benzene rings is 2. The van der Waals surface area contributed by atoms with E-state index in [4.69, 9.17) is 5.73 Å². The lowest BCUT2D eigenvalue weighted by molar-refractivity contribution is -0.137. The molecule has 0 bridgehead atoms. The van der Waals surface area contributed by atoms with Crippen LogP contribution in [0.2, 0.25) is 0 Å². The zero-order chi connectivity index (χ0) is 24.6. The minimum absolute atomic E-state index is 0. The molecule has 0 amide bonds. The van der Waals surface area contributed by atoms with Crippen LogP contribution in [-0.2, 0) is 12.6 Å². The van der Waals surface area contributed by atoms with Gasteiger partial charge in [0.05, 0.1) is 5.56 Å². The number of likely N-dealkylation sites (tertiary alicyclic amines) is 1. The molecule has 0 saturated carbocycles. The van der Waals surface area contributed by atoms with Crippen LogP contribution in [0.15, 0.2) is 40.1 Å². The molecule has 0 aliphatic carbocycles. The van der Waals surface area contributed by atoms with Crippen LogP contribution >= 0.6 is 24.2 Å². The van der Waals surface area contributed by atoms with Crippen LogP contribution in [0.1, 0.15) is 42.4 Å². The molecule has 5 rings (SSSR count). The van der Waals surface area contributed by atoms with Crippen molar-refractivity contribution in [2.75, 3.05) is 49.5 Å². The molecule has 3 heterocycles. The van der Waals surface area contributed by atoms with Gasteiger partial charge in [0.1, 0.15) is 6.17 Å². The number of anilines is 2. The molecule has 0 radical (unpaired) electrons. The Morgan fingerprint density at radius 2 is 1.81 bits per heavy atom. The fourth-order valence-corrected chi connectivity index (χ4v) is 6.54. The third-order valence-corrected chi connectivity index (χ3v) is 8.48. The Morgan fingerprint density at radius 3 is 2.50 bits per heavy atom. The van der Waals surface area contributed by atoms with Crippen LogP contribution in [0, 0.1) is 0 Å². The molecule has 3 aliphatic heterocycles. The highest BCUT2D eigenvalue weighted by Crippen LogP contribution is 2.46. The highest BCUT2D eigenvalue weighted by atomic mass is 35.5. The van der Waals surface area contributed by atoms with E-state index in [1.165, 1.54) is 23.9 Å². The summed E-state index contributed by atoms with van der Waals surface area (Å²) < 4.78 is 55.3. The van der Waals surface area contributed by atoms with Gasteiger partial charge in [-0.2, -0.15) is 13.2 Å². The maximum Gasteiger partial charge on any atom is 0.416 e.